The van der Waals surface area contributed by atoms with Gasteiger partial charge in [-0.1, -0.05) is 12.1 Å². The summed E-state index contributed by atoms with van der Waals surface area (Å²) in [6.07, 6.45) is 0. The molecule has 3 nitrogen and oxygen atoms in total. The van der Waals surface area contributed by atoms with Gasteiger partial charge in [0.05, 0.1) is 0 Å². The van der Waals surface area contributed by atoms with Crippen LogP contribution in [0.15, 0.2) is 24.3 Å². The second-order valence-electron chi connectivity index (χ2n) is 3.12. The van der Waals surface area contributed by atoms with E-state index >= 15 is 0 Å². The van der Waals surface area contributed by atoms with Gasteiger partial charge in [0.1, 0.15) is 0 Å². The summed E-state index contributed by atoms with van der Waals surface area (Å²) in [5, 5.41) is 1.19. The number of nitrogens with two attached hydrogens (primary N) is 2. The summed E-state index contributed by atoms with van der Waals surface area (Å²) in [5.41, 5.74) is 14.4. The van der Waals surface area contributed by atoms with Crippen molar-refractivity contribution in [3.8, 4) is 0 Å². The predicted molar refractivity (Wildman–Crippen MR) is 54.1 cm³/mol. The van der Waals surface area contributed by atoms with E-state index in [2.05, 4.69) is 23.2 Å². The van der Waals surface area contributed by atoms with Gasteiger partial charge >= 0.3 is 0 Å². The van der Waals surface area contributed by atoms with E-state index in [-0.39, 0.29) is 0 Å². The first-order valence-electron chi connectivity index (χ1n) is 4.34. The van der Waals surface area contributed by atoms with Gasteiger partial charge < -0.3 is 16.5 Å². The highest BCUT2D eigenvalue weighted by Crippen LogP contribution is 2.16. The number of rotatable bonds is 2. The predicted octanol–water partition coefficient (Wildman–Crippen LogP) is 1.09. The SMILES string of the molecule is NCc1ccc2cc(CN)[nH]c2c1. The highest BCUT2D eigenvalue weighted by Gasteiger charge is 1.99. The molecule has 0 spiro atoms. The molecule has 13 heavy (non-hydrogen) atoms. The van der Waals surface area contributed by atoms with Crippen LogP contribution in [-0.2, 0) is 13.1 Å². The Labute approximate surface area is 76.7 Å². The summed E-state index contributed by atoms with van der Waals surface area (Å²) >= 11 is 0. The van der Waals surface area contributed by atoms with Crippen LogP contribution in [0.25, 0.3) is 10.9 Å². The Morgan fingerprint density at radius 3 is 2.62 bits per heavy atom. The van der Waals surface area contributed by atoms with Crippen molar-refractivity contribution in [1.82, 2.24) is 4.98 Å². The van der Waals surface area contributed by atoms with Crippen LogP contribution < -0.4 is 11.5 Å². The zero-order chi connectivity index (χ0) is 9.26. The van der Waals surface area contributed by atoms with Crippen molar-refractivity contribution in [2.24, 2.45) is 11.5 Å². The van der Waals surface area contributed by atoms with Gasteiger partial charge in [0.2, 0.25) is 0 Å². The lowest BCUT2D eigenvalue weighted by atomic mass is 10.2. The van der Waals surface area contributed by atoms with Crippen LogP contribution in [-0.4, -0.2) is 4.98 Å². The van der Waals surface area contributed by atoms with Crippen molar-refractivity contribution in [2.45, 2.75) is 13.1 Å². The average molecular weight is 175 g/mol. The fourth-order valence-electron chi connectivity index (χ4n) is 1.47. The van der Waals surface area contributed by atoms with E-state index in [0.29, 0.717) is 13.1 Å². The molecule has 3 heteroatoms. The van der Waals surface area contributed by atoms with Crippen molar-refractivity contribution in [3.05, 3.63) is 35.5 Å². The molecule has 1 aromatic carbocycles. The Morgan fingerprint density at radius 1 is 1.08 bits per heavy atom. The summed E-state index contributed by atoms with van der Waals surface area (Å²) in [5.74, 6) is 0. The molecular formula is C10H13N3. The molecule has 0 radical (unpaired) electrons. The normalized spacial score (nSPS) is 10.9. The number of aromatic amines is 1. The number of hydrogen-bond donors (Lipinski definition) is 3. The molecule has 0 amide bonds. The molecule has 0 fully saturated rings. The van der Waals surface area contributed by atoms with Crippen LogP contribution in [0.3, 0.4) is 0 Å². The number of H-pyrrole nitrogens is 1. The van der Waals surface area contributed by atoms with E-state index in [1.807, 2.05) is 6.07 Å². The fraction of sp³-hybridized carbons (Fsp3) is 0.200. The minimum absolute atomic E-state index is 0.548. The highest BCUT2D eigenvalue weighted by molar-refractivity contribution is 5.81. The third-order valence-electron chi connectivity index (χ3n) is 2.20. The van der Waals surface area contributed by atoms with E-state index in [0.717, 1.165) is 16.8 Å². The van der Waals surface area contributed by atoms with E-state index in [4.69, 9.17) is 11.5 Å². The van der Waals surface area contributed by atoms with Crippen molar-refractivity contribution in [3.63, 3.8) is 0 Å². The van der Waals surface area contributed by atoms with E-state index in [1.165, 1.54) is 5.39 Å². The number of hydrogen-bond acceptors (Lipinski definition) is 2. The Hall–Kier alpha value is -1.32. The maximum atomic E-state index is 5.54. The molecule has 0 unspecified atom stereocenters. The summed E-state index contributed by atoms with van der Waals surface area (Å²) < 4.78 is 0. The van der Waals surface area contributed by atoms with E-state index in [9.17, 15) is 0 Å². The molecule has 68 valence electrons. The maximum absolute atomic E-state index is 5.54. The minimum atomic E-state index is 0.548. The maximum Gasteiger partial charge on any atom is 0.0459 e. The van der Waals surface area contributed by atoms with Crippen LogP contribution in [0.1, 0.15) is 11.3 Å². The van der Waals surface area contributed by atoms with Gasteiger partial charge in [0, 0.05) is 24.3 Å². The zero-order valence-electron chi connectivity index (χ0n) is 7.38. The Bertz CT molecular complexity index is 415. The standard InChI is InChI=1S/C10H13N3/c11-5-7-1-2-8-4-9(6-12)13-10(8)3-7/h1-4,13H,5-6,11-12H2. The van der Waals surface area contributed by atoms with Gasteiger partial charge in [0.15, 0.2) is 0 Å². The van der Waals surface area contributed by atoms with Gasteiger partial charge in [-0.3, -0.25) is 0 Å². The molecule has 0 saturated heterocycles. The molecule has 0 aliphatic rings. The molecule has 1 heterocycles. The first-order valence-corrected chi connectivity index (χ1v) is 4.34. The molecule has 0 aliphatic heterocycles. The topological polar surface area (TPSA) is 67.8 Å². The lowest BCUT2D eigenvalue weighted by Crippen LogP contribution is -1.96. The molecular weight excluding hydrogens is 162 g/mol. The van der Waals surface area contributed by atoms with Gasteiger partial charge in [0.25, 0.3) is 0 Å². The van der Waals surface area contributed by atoms with Gasteiger partial charge in [-0.05, 0) is 23.1 Å². The molecule has 0 saturated carbocycles. The van der Waals surface area contributed by atoms with Gasteiger partial charge in [-0.15, -0.1) is 0 Å². The number of aromatic nitrogens is 1. The average Bonchev–Trinajstić information content (AvgIpc) is 2.58. The molecule has 5 N–H and O–H groups in total. The summed E-state index contributed by atoms with van der Waals surface area (Å²) in [4.78, 5) is 3.24. The van der Waals surface area contributed by atoms with Crippen molar-refractivity contribution in [2.75, 3.05) is 0 Å². The minimum Gasteiger partial charge on any atom is -0.357 e. The van der Waals surface area contributed by atoms with Gasteiger partial charge in [-0.2, -0.15) is 0 Å². The number of fused-ring (bicyclic) bond motifs is 1. The smallest absolute Gasteiger partial charge is 0.0459 e. The monoisotopic (exact) mass is 175 g/mol. The second kappa shape index (κ2) is 3.20. The molecule has 0 bridgehead atoms. The van der Waals surface area contributed by atoms with Crippen molar-refractivity contribution in [1.29, 1.82) is 0 Å². The Morgan fingerprint density at radius 2 is 1.92 bits per heavy atom. The third-order valence-corrected chi connectivity index (χ3v) is 2.20. The summed E-state index contributed by atoms with van der Waals surface area (Å²) in [6.45, 7) is 1.12. The van der Waals surface area contributed by atoms with Crippen LogP contribution in [0, 0.1) is 0 Å². The largest absolute Gasteiger partial charge is 0.357 e. The fourth-order valence-corrected chi connectivity index (χ4v) is 1.47. The lowest BCUT2D eigenvalue weighted by molar-refractivity contribution is 1.02. The molecule has 0 atom stereocenters. The quantitative estimate of drug-likeness (QED) is 0.639. The molecule has 2 aromatic rings. The first kappa shape index (κ1) is 8.29. The molecule has 2 rings (SSSR count). The van der Waals surface area contributed by atoms with Gasteiger partial charge in [-0.25, -0.2) is 0 Å². The summed E-state index contributed by atoms with van der Waals surface area (Å²) in [7, 11) is 0. The summed E-state index contributed by atoms with van der Waals surface area (Å²) in [6, 6.07) is 8.23. The van der Waals surface area contributed by atoms with E-state index in [1.54, 1.807) is 0 Å². The Balaban J connectivity index is 2.57. The highest BCUT2D eigenvalue weighted by atomic mass is 14.7. The zero-order valence-corrected chi connectivity index (χ0v) is 7.38. The third kappa shape index (κ3) is 1.43. The van der Waals surface area contributed by atoms with Crippen LogP contribution in [0.2, 0.25) is 0 Å². The van der Waals surface area contributed by atoms with Crippen LogP contribution >= 0.6 is 0 Å². The number of benzene rings is 1. The molecule has 0 aliphatic carbocycles. The lowest BCUT2D eigenvalue weighted by Gasteiger charge is -1.95. The van der Waals surface area contributed by atoms with E-state index < -0.39 is 0 Å². The van der Waals surface area contributed by atoms with Crippen molar-refractivity contribution < 1.29 is 0 Å². The second-order valence-corrected chi connectivity index (χ2v) is 3.12. The van der Waals surface area contributed by atoms with Crippen LogP contribution in [0.4, 0.5) is 0 Å². The number of nitrogens with one attached hydrogen (secondary N) is 1. The molecule has 1 aromatic heterocycles. The van der Waals surface area contributed by atoms with Crippen molar-refractivity contribution >= 4 is 10.9 Å². The van der Waals surface area contributed by atoms with Crippen LogP contribution in [0.5, 0.6) is 0 Å². The first-order chi connectivity index (χ1) is 6.33. The Kier molecular flexibility index (Phi) is 2.04.